The van der Waals surface area contributed by atoms with Crippen LogP contribution in [0.25, 0.3) is 0 Å². The highest BCUT2D eigenvalue weighted by Crippen LogP contribution is 2.12. The summed E-state index contributed by atoms with van der Waals surface area (Å²) in [6, 6.07) is 0. The fourth-order valence-electron chi connectivity index (χ4n) is 0.823. The van der Waals surface area contributed by atoms with Crippen LogP contribution in [0.3, 0.4) is 0 Å². The molecule has 0 aromatic heterocycles. The Hall–Kier alpha value is -1.25. The van der Waals surface area contributed by atoms with Crippen molar-refractivity contribution in [2.45, 2.75) is 53.6 Å². The molecule has 102 valence electrons. The Bertz CT molecular complexity index is 215. The third-order valence-electron chi connectivity index (χ3n) is 1.36. The normalized spacial score (nSPS) is 10.2. The van der Waals surface area contributed by atoms with Gasteiger partial charge < -0.3 is 10.1 Å². The van der Waals surface area contributed by atoms with Crippen LogP contribution in [0.1, 0.15) is 48.0 Å². The van der Waals surface area contributed by atoms with Crippen molar-refractivity contribution >= 4 is 5.97 Å². The van der Waals surface area contributed by atoms with Crippen molar-refractivity contribution in [3.8, 4) is 0 Å². The average Bonchev–Trinajstić information content (AvgIpc) is 2.29. The molecule has 0 amide bonds. The summed E-state index contributed by atoms with van der Waals surface area (Å²) in [7, 11) is 1.76. The lowest BCUT2D eigenvalue weighted by molar-refractivity contribution is -0.150. The van der Waals surface area contributed by atoms with Gasteiger partial charge in [-0.1, -0.05) is 20.8 Å². The predicted octanol–water partition coefficient (Wildman–Crippen LogP) is 3.67. The molecular weight excluding hydrogens is 214 g/mol. The van der Waals surface area contributed by atoms with Crippen LogP contribution in [0.2, 0.25) is 0 Å². The van der Waals surface area contributed by atoms with Crippen molar-refractivity contribution in [2.75, 3.05) is 7.05 Å². The molecule has 3 nitrogen and oxygen atoms in total. The average molecular weight is 243 g/mol. The Kier molecular flexibility index (Phi) is 15.9. The zero-order valence-corrected chi connectivity index (χ0v) is 12.5. The summed E-state index contributed by atoms with van der Waals surface area (Å²) < 4.78 is 5.20. The number of rotatable bonds is 3. The van der Waals surface area contributed by atoms with Crippen molar-refractivity contribution in [1.29, 1.82) is 0 Å². The van der Waals surface area contributed by atoms with E-state index in [0.29, 0.717) is 12.0 Å². The van der Waals surface area contributed by atoms with Gasteiger partial charge in [-0.3, -0.25) is 0 Å². The minimum Gasteiger partial charge on any atom is -0.457 e. The van der Waals surface area contributed by atoms with Gasteiger partial charge in [-0.05, 0) is 27.2 Å². The highest BCUT2D eigenvalue weighted by molar-refractivity contribution is 5.88. The van der Waals surface area contributed by atoms with Crippen LogP contribution in [0.4, 0.5) is 0 Å². The van der Waals surface area contributed by atoms with Gasteiger partial charge in [0, 0.05) is 13.2 Å². The molecule has 0 atom stereocenters. The maximum atomic E-state index is 11.4. The van der Waals surface area contributed by atoms with Crippen molar-refractivity contribution in [3.63, 3.8) is 0 Å². The molecule has 0 spiro atoms. The molecule has 0 aliphatic rings. The Morgan fingerprint density at radius 2 is 1.71 bits per heavy atom. The van der Waals surface area contributed by atoms with E-state index in [9.17, 15) is 4.79 Å². The minimum absolute atomic E-state index is 0.246. The molecule has 0 fully saturated rings. The van der Waals surface area contributed by atoms with Gasteiger partial charge in [0.05, 0.1) is 5.57 Å². The van der Waals surface area contributed by atoms with Gasteiger partial charge in [0.1, 0.15) is 5.60 Å². The second-order valence-corrected chi connectivity index (χ2v) is 3.81. The second kappa shape index (κ2) is 12.8. The molecule has 0 aliphatic heterocycles. The monoisotopic (exact) mass is 243 g/mol. The van der Waals surface area contributed by atoms with Gasteiger partial charge in [0.2, 0.25) is 0 Å². The van der Waals surface area contributed by atoms with Gasteiger partial charge in [-0.2, -0.15) is 0 Å². The quantitative estimate of drug-likeness (QED) is 0.467. The van der Waals surface area contributed by atoms with Crippen molar-refractivity contribution in [3.05, 3.63) is 24.9 Å². The van der Waals surface area contributed by atoms with Crippen LogP contribution < -0.4 is 5.32 Å². The lowest BCUT2D eigenvalue weighted by Gasteiger charge is -2.20. The van der Waals surface area contributed by atoms with Crippen molar-refractivity contribution < 1.29 is 9.53 Å². The van der Waals surface area contributed by atoms with E-state index in [1.165, 1.54) is 0 Å². The van der Waals surface area contributed by atoms with Crippen LogP contribution in [0.15, 0.2) is 24.9 Å². The highest BCUT2D eigenvalue weighted by Gasteiger charge is 2.18. The van der Waals surface area contributed by atoms with Gasteiger partial charge >= 0.3 is 5.97 Å². The number of hydrogen-bond donors (Lipinski definition) is 1. The molecule has 0 aromatic carbocycles. The van der Waals surface area contributed by atoms with Gasteiger partial charge in [-0.25, -0.2) is 4.79 Å². The number of hydrogen-bond acceptors (Lipinski definition) is 3. The molecule has 0 bridgehead atoms. The summed E-state index contributed by atoms with van der Waals surface area (Å²) in [6.07, 6.45) is 2.35. The van der Waals surface area contributed by atoms with Crippen LogP contribution in [-0.4, -0.2) is 18.6 Å². The van der Waals surface area contributed by atoms with E-state index in [4.69, 9.17) is 4.74 Å². The van der Waals surface area contributed by atoms with Crippen LogP contribution in [0, 0.1) is 0 Å². The molecule has 0 aliphatic carbocycles. The first kappa shape index (κ1) is 21.1. The molecule has 0 unspecified atom stereocenters. The summed E-state index contributed by atoms with van der Waals surface area (Å²) in [6.45, 7) is 17.5. The molecular formula is C14H29NO2. The SMILES string of the molecule is C=C.CC.CC/C(=C\NC)C(=O)OC(C)(C)C. The Labute approximate surface area is 107 Å². The molecule has 0 saturated carbocycles. The lowest BCUT2D eigenvalue weighted by Crippen LogP contribution is -2.25. The van der Waals surface area contributed by atoms with E-state index >= 15 is 0 Å². The first-order valence-electron chi connectivity index (χ1n) is 6.00. The third kappa shape index (κ3) is 14.8. The van der Waals surface area contributed by atoms with E-state index < -0.39 is 5.60 Å². The van der Waals surface area contributed by atoms with E-state index in [1.807, 2.05) is 41.5 Å². The van der Waals surface area contributed by atoms with Gasteiger partial charge in [0.15, 0.2) is 0 Å². The summed E-state index contributed by atoms with van der Waals surface area (Å²) >= 11 is 0. The van der Waals surface area contributed by atoms with Crippen LogP contribution in [0.5, 0.6) is 0 Å². The minimum atomic E-state index is -0.418. The van der Waals surface area contributed by atoms with E-state index in [-0.39, 0.29) is 5.97 Å². The molecule has 0 heterocycles. The predicted molar refractivity (Wildman–Crippen MR) is 75.9 cm³/mol. The highest BCUT2D eigenvalue weighted by atomic mass is 16.6. The smallest absolute Gasteiger partial charge is 0.335 e. The molecule has 3 heteroatoms. The zero-order chi connectivity index (χ0) is 14.5. The number of esters is 1. The maximum Gasteiger partial charge on any atom is 0.335 e. The van der Waals surface area contributed by atoms with Crippen molar-refractivity contribution in [2.24, 2.45) is 0 Å². The van der Waals surface area contributed by atoms with Gasteiger partial charge in [0.25, 0.3) is 0 Å². The topological polar surface area (TPSA) is 38.3 Å². The largest absolute Gasteiger partial charge is 0.457 e. The Morgan fingerprint density at radius 3 is 1.94 bits per heavy atom. The first-order chi connectivity index (χ1) is 7.90. The molecule has 0 saturated heterocycles. The standard InChI is InChI=1S/C10H19NO2.C2H6.C2H4/c1-6-8(7-11-5)9(12)13-10(2,3)4;2*1-2/h7,11H,6H2,1-5H3;1-2H3;1-2H2/b8-7+;;. The Morgan fingerprint density at radius 1 is 1.29 bits per heavy atom. The first-order valence-corrected chi connectivity index (χ1v) is 6.00. The van der Waals surface area contributed by atoms with E-state index in [2.05, 4.69) is 18.5 Å². The molecule has 17 heavy (non-hydrogen) atoms. The van der Waals surface area contributed by atoms with Crippen molar-refractivity contribution in [1.82, 2.24) is 5.32 Å². The lowest BCUT2D eigenvalue weighted by atomic mass is 10.1. The fraction of sp³-hybridized carbons (Fsp3) is 0.643. The second-order valence-electron chi connectivity index (χ2n) is 3.81. The third-order valence-corrected chi connectivity index (χ3v) is 1.36. The van der Waals surface area contributed by atoms with E-state index in [0.717, 1.165) is 0 Å². The summed E-state index contributed by atoms with van der Waals surface area (Å²) in [5.41, 5.74) is 0.247. The molecule has 0 rings (SSSR count). The number of carbonyl (C=O) groups is 1. The number of nitrogens with one attached hydrogen (secondary N) is 1. The fourth-order valence-corrected chi connectivity index (χ4v) is 0.823. The molecule has 0 radical (unpaired) electrons. The van der Waals surface area contributed by atoms with Crippen LogP contribution >= 0.6 is 0 Å². The summed E-state index contributed by atoms with van der Waals surface area (Å²) in [4.78, 5) is 11.4. The molecule has 1 N–H and O–H groups in total. The number of ether oxygens (including phenoxy) is 1. The van der Waals surface area contributed by atoms with E-state index in [1.54, 1.807) is 13.2 Å². The Balaban J connectivity index is -0.000000439. The molecule has 0 aromatic rings. The number of carbonyl (C=O) groups excluding carboxylic acids is 1. The summed E-state index contributed by atoms with van der Waals surface area (Å²) in [5, 5.41) is 2.82. The van der Waals surface area contributed by atoms with Gasteiger partial charge in [-0.15, -0.1) is 13.2 Å². The van der Waals surface area contributed by atoms with Crippen LogP contribution in [-0.2, 0) is 9.53 Å². The zero-order valence-electron chi connectivity index (χ0n) is 12.5. The maximum absolute atomic E-state index is 11.4. The summed E-state index contributed by atoms with van der Waals surface area (Å²) in [5.74, 6) is -0.246.